The van der Waals surface area contributed by atoms with E-state index < -0.39 is 0 Å². The van der Waals surface area contributed by atoms with Gasteiger partial charge in [-0.15, -0.1) is 0 Å². The predicted molar refractivity (Wildman–Crippen MR) is 70.4 cm³/mol. The molecule has 100 valence electrons. The minimum absolute atomic E-state index is 0.168. The van der Waals surface area contributed by atoms with Crippen molar-refractivity contribution < 1.29 is 4.79 Å². The lowest BCUT2D eigenvalue weighted by Gasteiger charge is -2.32. The zero-order chi connectivity index (χ0) is 13.1. The minimum atomic E-state index is 0.168. The van der Waals surface area contributed by atoms with E-state index >= 15 is 0 Å². The van der Waals surface area contributed by atoms with Crippen molar-refractivity contribution in [3.05, 3.63) is 17.5 Å². The van der Waals surface area contributed by atoms with E-state index in [0.717, 1.165) is 37.3 Å². The third-order valence-corrected chi connectivity index (χ3v) is 3.57. The third-order valence-electron chi connectivity index (χ3n) is 3.57. The van der Waals surface area contributed by atoms with Crippen molar-refractivity contribution in [2.24, 2.45) is 0 Å². The minimum Gasteiger partial charge on any atom is -0.340 e. The second-order valence-electron chi connectivity index (χ2n) is 5.05. The molecule has 1 saturated heterocycles. The van der Waals surface area contributed by atoms with Crippen molar-refractivity contribution in [2.45, 2.75) is 39.3 Å². The molecule has 18 heavy (non-hydrogen) atoms. The normalized spacial score (nSPS) is 20.2. The lowest BCUT2D eigenvalue weighted by molar-refractivity contribution is -0.133. The van der Waals surface area contributed by atoms with Gasteiger partial charge in [-0.2, -0.15) is 5.10 Å². The van der Waals surface area contributed by atoms with Crippen LogP contribution in [0, 0.1) is 13.8 Å². The van der Waals surface area contributed by atoms with Crippen molar-refractivity contribution in [3.8, 4) is 0 Å². The lowest BCUT2D eigenvalue weighted by atomic mass is 10.1. The van der Waals surface area contributed by atoms with Crippen LogP contribution >= 0.6 is 0 Å². The van der Waals surface area contributed by atoms with Gasteiger partial charge in [0.1, 0.15) is 6.54 Å². The van der Waals surface area contributed by atoms with Crippen LogP contribution in [0.15, 0.2) is 6.07 Å². The summed E-state index contributed by atoms with van der Waals surface area (Å²) in [6, 6.07) is 2.43. The molecule has 2 heterocycles. The molecule has 1 amide bonds. The van der Waals surface area contributed by atoms with Crippen LogP contribution in [-0.2, 0) is 11.3 Å². The molecule has 5 nitrogen and oxygen atoms in total. The van der Waals surface area contributed by atoms with E-state index in [2.05, 4.69) is 10.4 Å². The number of rotatable bonds is 3. The number of piperidine rings is 1. The topological polar surface area (TPSA) is 50.2 Å². The summed E-state index contributed by atoms with van der Waals surface area (Å²) < 4.78 is 1.79. The number of carbonyl (C=O) groups is 1. The molecule has 1 atom stereocenters. The van der Waals surface area contributed by atoms with E-state index in [9.17, 15) is 4.79 Å². The molecule has 0 aromatic carbocycles. The first-order chi connectivity index (χ1) is 8.60. The maximum Gasteiger partial charge on any atom is 0.244 e. The number of hydrogen-bond donors (Lipinski definition) is 1. The van der Waals surface area contributed by atoms with Gasteiger partial charge >= 0.3 is 0 Å². The number of likely N-dealkylation sites (tertiary alicyclic amines) is 1. The number of amides is 1. The van der Waals surface area contributed by atoms with E-state index in [1.807, 2.05) is 31.9 Å². The van der Waals surface area contributed by atoms with Gasteiger partial charge in [-0.3, -0.25) is 9.48 Å². The second kappa shape index (κ2) is 5.52. The maximum atomic E-state index is 12.2. The van der Waals surface area contributed by atoms with Crippen LogP contribution in [0.25, 0.3) is 0 Å². The maximum absolute atomic E-state index is 12.2. The first-order valence-electron chi connectivity index (χ1n) is 6.56. The number of nitrogens with zero attached hydrogens (tertiary/aromatic N) is 3. The smallest absolute Gasteiger partial charge is 0.244 e. The highest BCUT2D eigenvalue weighted by Crippen LogP contribution is 2.11. The summed E-state index contributed by atoms with van der Waals surface area (Å²) >= 11 is 0. The van der Waals surface area contributed by atoms with Gasteiger partial charge in [0.2, 0.25) is 5.91 Å². The van der Waals surface area contributed by atoms with Gasteiger partial charge in [0.05, 0.1) is 5.69 Å². The molecule has 1 N–H and O–H groups in total. The number of likely N-dealkylation sites (N-methyl/N-ethyl adjacent to an activating group) is 1. The molecule has 0 aliphatic carbocycles. The highest BCUT2D eigenvalue weighted by Gasteiger charge is 2.23. The molecular formula is C13H22N4O. The summed E-state index contributed by atoms with van der Waals surface area (Å²) in [5.74, 6) is 0.168. The molecule has 0 unspecified atom stereocenters. The van der Waals surface area contributed by atoms with Crippen molar-refractivity contribution >= 4 is 5.91 Å². The van der Waals surface area contributed by atoms with Crippen molar-refractivity contribution in [1.29, 1.82) is 0 Å². The molecule has 1 aliphatic heterocycles. The molecule has 0 saturated carbocycles. The van der Waals surface area contributed by atoms with Gasteiger partial charge in [-0.25, -0.2) is 0 Å². The fourth-order valence-electron chi connectivity index (χ4n) is 2.50. The van der Waals surface area contributed by atoms with Crippen molar-refractivity contribution in [3.63, 3.8) is 0 Å². The van der Waals surface area contributed by atoms with Crippen LogP contribution in [0.5, 0.6) is 0 Å². The van der Waals surface area contributed by atoms with Crippen LogP contribution in [0.4, 0.5) is 0 Å². The Morgan fingerprint density at radius 1 is 1.56 bits per heavy atom. The van der Waals surface area contributed by atoms with Gasteiger partial charge in [0.15, 0.2) is 0 Å². The van der Waals surface area contributed by atoms with Gasteiger partial charge < -0.3 is 10.2 Å². The van der Waals surface area contributed by atoms with E-state index in [0.29, 0.717) is 12.6 Å². The van der Waals surface area contributed by atoms with Crippen molar-refractivity contribution in [2.75, 3.05) is 20.1 Å². The number of aromatic nitrogens is 2. The monoisotopic (exact) mass is 250 g/mol. The summed E-state index contributed by atoms with van der Waals surface area (Å²) in [6.45, 7) is 5.98. The fraction of sp³-hybridized carbons (Fsp3) is 0.692. The third kappa shape index (κ3) is 2.90. The Morgan fingerprint density at radius 3 is 2.94 bits per heavy atom. The van der Waals surface area contributed by atoms with Crippen LogP contribution in [0.1, 0.15) is 24.2 Å². The summed E-state index contributed by atoms with van der Waals surface area (Å²) in [7, 11) is 1.96. The van der Waals surface area contributed by atoms with Gasteiger partial charge in [0.25, 0.3) is 0 Å². The number of aryl methyl sites for hydroxylation is 2. The standard InChI is InChI=1S/C13H22N4O/c1-10-7-11(2)17(15-10)9-13(18)16-6-4-5-12(8-16)14-3/h7,12,14H,4-6,8-9H2,1-3H3/t12-/m1/s1. The number of hydrogen-bond acceptors (Lipinski definition) is 3. The zero-order valence-electron chi connectivity index (χ0n) is 11.4. The molecular weight excluding hydrogens is 228 g/mol. The van der Waals surface area contributed by atoms with E-state index in [1.54, 1.807) is 4.68 Å². The predicted octanol–water partition coefficient (Wildman–Crippen LogP) is 0.710. The first-order valence-corrected chi connectivity index (χ1v) is 6.56. The van der Waals surface area contributed by atoms with E-state index in [4.69, 9.17) is 0 Å². The summed E-state index contributed by atoms with van der Waals surface area (Å²) in [5, 5.41) is 7.59. The Bertz CT molecular complexity index is 427. The van der Waals surface area contributed by atoms with E-state index in [1.165, 1.54) is 0 Å². The van der Waals surface area contributed by atoms with Crippen LogP contribution in [-0.4, -0.2) is 46.8 Å². The molecule has 1 aromatic rings. The first kappa shape index (κ1) is 13.1. The summed E-state index contributed by atoms with van der Waals surface area (Å²) in [6.07, 6.45) is 2.23. The lowest BCUT2D eigenvalue weighted by Crippen LogP contribution is -2.48. The molecule has 1 fully saturated rings. The van der Waals surface area contributed by atoms with Crippen LogP contribution in [0.3, 0.4) is 0 Å². The summed E-state index contributed by atoms with van der Waals surface area (Å²) in [4.78, 5) is 14.2. The van der Waals surface area contributed by atoms with Crippen molar-refractivity contribution in [1.82, 2.24) is 20.0 Å². The largest absolute Gasteiger partial charge is 0.340 e. The highest BCUT2D eigenvalue weighted by molar-refractivity contribution is 5.76. The second-order valence-corrected chi connectivity index (χ2v) is 5.05. The molecule has 5 heteroatoms. The molecule has 1 aliphatic rings. The van der Waals surface area contributed by atoms with Gasteiger partial charge in [0, 0.05) is 24.8 Å². The average Bonchev–Trinajstić information content (AvgIpc) is 2.68. The average molecular weight is 250 g/mol. The van der Waals surface area contributed by atoms with E-state index in [-0.39, 0.29) is 5.91 Å². The summed E-state index contributed by atoms with van der Waals surface area (Å²) in [5.41, 5.74) is 2.01. The molecule has 2 rings (SSSR count). The highest BCUT2D eigenvalue weighted by atomic mass is 16.2. The molecule has 0 radical (unpaired) electrons. The Balaban J connectivity index is 1.97. The van der Waals surface area contributed by atoms with Crippen LogP contribution in [0.2, 0.25) is 0 Å². The number of nitrogens with one attached hydrogen (secondary N) is 1. The van der Waals surface area contributed by atoms with Crippen LogP contribution < -0.4 is 5.32 Å². The Kier molecular flexibility index (Phi) is 4.01. The fourth-order valence-corrected chi connectivity index (χ4v) is 2.50. The van der Waals surface area contributed by atoms with Gasteiger partial charge in [-0.1, -0.05) is 0 Å². The zero-order valence-corrected chi connectivity index (χ0v) is 11.4. The molecule has 0 spiro atoms. The molecule has 0 bridgehead atoms. The SMILES string of the molecule is CN[C@@H]1CCCN(C(=O)Cn2nc(C)cc2C)C1. The Hall–Kier alpha value is -1.36. The number of carbonyl (C=O) groups excluding carboxylic acids is 1. The molecule has 1 aromatic heterocycles. The van der Waals surface area contributed by atoms with Gasteiger partial charge in [-0.05, 0) is 39.8 Å². The Labute approximate surface area is 108 Å². The Morgan fingerprint density at radius 2 is 2.33 bits per heavy atom. The quantitative estimate of drug-likeness (QED) is 0.859.